The molecule has 2 aromatic carbocycles. The van der Waals surface area contributed by atoms with Gasteiger partial charge < -0.3 is 5.73 Å². The Labute approximate surface area is 105 Å². The molecule has 0 radical (unpaired) electrons. The highest BCUT2D eigenvalue weighted by Gasteiger charge is 2.30. The molecule has 6 heteroatoms. The Kier molecular flexibility index (Phi) is 3.18. The SMILES string of the molecule is Nc1c(F)cc(F)cc1-c1ccc(C(F)(F)F)cc1. The molecule has 0 aliphatic carbocycles. The van der Waals surface area contributed by atoms with Crippen LogP contribution in [0.25, 0.3) is 11.1 Å². The first-order chi connectivity index (χ1) is 8.79. The maximum Gasteiger partial charge on any atom is 0.416 e. The van der Waals surface area contributed by atoms with Gasteiger partial charge in [0.15, 0.2) is 0 Å². The molecule has 19 heavy (non-hydrogen) atoms. The average molecular weight is 273 g/mol. The minimum Gasteiger partial charge on any atom is -0.396 e. The number of anilines is 1. The van der Waals surface area contributed by atoms with Gasteiger partial charge in [-0.1, -0.05) is 12.1 Å². The summed E-state index contributed by atoms with van der Waals surface area (Å²) in [5.41, 5.74) is 4.53. The lowest BCUT2D eigenvalue weighted by Crippen LogP contribution is -2.04. The van der Waals surface area contributed by atoms with E-state index in [1.807, 2.05) is 0 Å². The summed E-state index contributed by atoms with van der Waals surface area (Å²) in [6, 6.07) is 5.49. The predicted molar refractivity (Wildman–Crippen MR) is 61.2 cm³/mol. The Hall–Kier alpha value is -2.11. The first-order valence-electron chi connectivity index (χ1n) is 5.21. The molecule has 0 saturated heterocycles. The van der Waals surface area contributed by atoms with Gasteiger partial charge in [-0.05, 0) is 23.8 Å². The molecule has 0 aliphatic rings. The molecular formula is C13H8F5N. The second-order valence-corrected chi connectivity index (χ2v) is 3.92. The molecule has 100 valence electrons. The summed E-state index contributed by atoms with van der Waals surface area (Å²) in [5, 5.41) is 0. The largest absolute Gasteiger partial charge is 0.416 e. The van der Waals surface area contributed by atoms with Crippen LogP contribution in [-0.2, 0) is 6.18 Å². The molecule has 0 unspecified atom stereocenters. The van der Waals surface area contributed by atoms with Crippen LogP contribution in [0.2, 0.25) is 0 Å². The number of nitrogen functional groups attached to an aromatic ring is 1. The van der Waals surface area contributed by atoms with Gasteiger partial charge in [0.1, 0.15) is 11.6 Å². The van der Waals surface area contributed by atoms with E-state index in [9.17, 15) is 22.0 Å². The molecular weight excluding hydrogens is 265 g/mol. The molecule has 0 bridgehead atoms. The predicted octanol–water partition coefficient (Wildman–Crippen LogP) is 4.23. The number of rotatable bonds is 1. The topological polar surface area (TPSA) is 26.0 Å². The van der Waals surface area contributed by atoms with Crippen LogP contribution in [0, 0.1) is 11.6 Å². The number of hydrogen-bond acceptors (Lipinski definition) is 1. The monoisotopic (exact) mass is 273 g/mol. The van der Waals surface area contributed by atoms with Crippen molar-refractivity contribution in [1.82, 2.24) is 0 Å². The Morgan fingerprint density at radius 3 is 2.00 bits per heavy atom. The van der Waals surface area contributed by atoms with E-state index < -0.39 is 23.4 Å². The van der Waals surface area contributed by atoms with Crippen molar-refractivity contribution in [1.29, 1.82) is 0 Å². The highest BCUT2D eigenvalue weighted by molar-refractivity contribution is 5.76. The maximum atomic E-state index is 13.2. The number of nitrogens with two attached hydrogens (primary N) is 1. The summed E-state index contributed by atoms with van der Waals surface area (Å²) in [6.07, 6.45) is -4.46. The zero-order valence-electron chi connectivity index (χ0n) is 9.43. The third-order valence-electron chi connectivity index (χ3n) is 2.62. The summed E-state index contributed by atoms with van der Waals surface area (Å²) < 4.78 is 63.5. The lowest BCUT2D eigenvalue weighted by Gasteiger charge is -2.10. The fourth-order valence-corrected chi connectivity index (χ4v) is 1.66. The van der Waals surface area contributed by atoms with Crippen molar-refractivity contribution in [2.75, 3.05) is 5.73 Å². The van der Waals surface area contributed by atoms with Gasteiger partial charge in [0, 0.05) is 11.6 Å². The summed E-state index contributed by atoms with van der Waals surface area (Å²) in [4.78, 5) is 0. The van der Waals surface area contributed by atoms with E-state index in [-0.39, 0.29) is 16.8 Å². The number of benzene rings is 2. The molecule has 0 aliphatic heterocycles. The van der Waals surface area contributed by atoms with E-state index in [1.54, 1.807) is 0 Å². The highest BCUT2D eigenvalue weighted by Crippen LogP contribution is 2.33. The third-order valence-corrected chi connectivity index (χ3v) is 2.62. The Morgan fingerprint density at radius 2 is 1.47 bits per heavy atom. The van der Waals surface area contributed by atoms with E-state index in [1.165, 1.54) is 0 Å². The number of halogens is 5. The van der Waals surface area contributed by atoms with E-state index in [2.05, 4.69) is 0 Å². The normalized spacial score (nSPS) is 11.6. The van der Waals surface area contributed by atoms with Crippen molar-refractivity contribution < 1.29 is 22.0 Å². The van der Waals surface area contributed by atoms with Crippen LogP contribution in [0.5, 0.6) is 0 Å². The lowest BCUT2D eigenvalue weighted by atomic mass is 10.0. The summed E-state index contributed by atoms with van der Waals surface area (Å²) in [5.74, 6) is -1.79. The van der Waals surface area contributed by atoms with Gasteiger partial charge in [0.2, 0.25) is 0 Å². The fraction of sp³-hybridized carbons (Fsp3) is 0.0769. The van der Waals surface area contributed by atoms with E-state index in [0.29, 0.717) is 6.07 Å². The molecule has 2 N–H and O–H groups in total. The standard InChI is InChI=1S/C13H8F5N/c14-9-5-10(12(19)11(15)6-9)7-1-3-8(4-2-7)13(16,17)18/h1-6H,19H2. The van der Waals surface area contributed by atoms with E-state index >= 15 is 0 Å². The molecule has 2 aromatic rings. The van der Waals surface area contributed by atoms with Gasteiger partial charge in [0.05, 0.1) is 11.3 Å². The highest BCUT2D eigenvalue weighted by atomic mass is 19.4. The third kappa shape index (κ3) is 2.67. The summed E-state index contributed by atoms with van der Waals surface area (Å²) in [6.45, 7) is 0. The Bertz CT molecular complexity index is 602. The average Bonchev–Trinajstić information content (AvgIpc) is 2.33. The summed E-state index contributed by atoms with van der Waals surface area (Å²) in [7, 11) is 0. The zero-order chi connectivity index (χ0) is 14.2. The second-order valence-electron chi connectivity index (χ2n) is 3.92. The van der Waals surface area contributed by atoms with Gasteiger partial charge in [-0.15, -0.1) is 0 Å². The number of hydrogen-bond donors (Lipinski definition) is 1. The quantitative estimate of drug-likeness (QED) is 0.610. The molecule has 0 saturated carbocycles. The lowest BCUT2D eigenvalue weighted by molar-refractivity contribution is -0.137. The van der Waals surface area contributed by atoms with Gasteiger partial charge >= 0.3 is 6.18 Å². The molecule has 0 heterocycles. The van der Waals surface area contributed by atoms with Crippen molar-refractivity contribution in [3.8, 4) is 11.1 Å². The fourth-order valence-electron chi connectivity index (χ4n) is 1.66. The van der Waals surface area contributed by atoms with Crippen LogP contribution >= 0.6 is 0 Å². The number of alkyl halides is 3. The van der Waals surface area contributed by atoms with Gasteiger partial charge in [-0.25, -0.2) is 8.78 Å². The van der Waals surface area contributed by atoms with E-state index in [4.69, 9.17) is 5.73 Å². The van der Waals surface area contributed by atoms with Crippen molar-refractivity contribution in [3.05, 3.63) is 53.6 Å². The van der Waals surface area contributed by atoms with Crippen LogP contribution in [0.4, 0.5) is 27.6 Å². The van der Waals surface area contributed by atoms with Crippen molar-refractivity contribution in [3.63, 3.8) is 0 Å². The molecule has 0 spiro atoms. The van der Waals surface area contributed by atoms with Gasteiger partial charge in [-0.2, -0.15) is 13.2 Å². The van der Waals surface area contributed by atoms with Crippen molar-refractivity contribution >= 4 is 5.69 Å². The molecule has 1 nitrogen and oxygen atoms in total. The zero-order valence-corrected chi connectivity index (χ0v) is 9.43. The Balaban J connectivity index is 2.49. The first kappa shape index (κ1) is 13.3. The minimum atomic E-state index is -4.46. The second kappa shape index (κ2) is 4.53. The van der Waals surface area contributed by atoms with Gasteiger partial charge in [0.25, 0.3) is 0 Å². The Morgan fingerprint density at radius 1 is 0.895 bits per heavy atom. The smallest absolute Gasteiger partial charge is 0.396 e. The molecule has 0 atom stereocenters. The van der Waals surface area contributed by atoms with Crippen LogP contribution in [0.15, 0.2) is 36.4 Å². The molecule has 2 rings (SSSR count). The van der Waals surface area contributed by atoms with Crippen LogP contribution in [0.1, 0.15) is 5.56 Å². The van der Waals surface area contributed by atoms with Crippen molar-refractivity contribution in [2.24, 2.45) is 0 Å². The van der Waals surface area contributed by atoms with Crippen LogP contribution < -0.4 is 5.73 Å². The summed E-state index contributed by atoms with van der Waals surface area (Å²) >= 11 is 0. The van der Waals surface area contributed by atoms with Crippen LogP contribution in [-0.4, -0.2) is 0 Å². The van der Waals surface area contributed by atoms with E-state index in [0.717, 1.165) is 30.3 Å². The molecule has 0 aromatic heterocycles. The maximum absolute atomic E-state index is 13.2. The first-order valence-corrected chi connectivity index (χ1v) is 5.21. The minimum absolute atomic E-state index is 0.0197. The molecule has 0 amide bonds. The van der Waals surface area contributed by atoms with Gasteiger partial charge in [-0.3, -0.25) is 0 Å². The molecule has 0 fully saturated rings. The van der Waals surface area contributed by atoms with Crippen LogP contribution in [0.3, 0.4) is 0 Å². The van der Waals surface area contributed by atoms with Crippen molar-refractivity contribution in [2.45, 2.75) is 6.18 Å².